The average Bonchev–Trinajstić information content (AvgIpc) is 2.50. The van der Waals surface area contributed by atoms with Crippen LogP contribution in [0.25, 0.3) is 0 Å². The summed E-state index contributed by atoms with van der Waals surface area (Å²) in [5.41, 5.74) is 6.55. The average molecular weight is 306 g/mol. The van der Waals surface area contributed by atoms with Crippen LogP contribution in [0.4, 0.5) is 14.5 Å². The molecule has 0 aliphatic heterocycles. The Hall–Kier alpha value is -2.31. The van der Waals surface area contributed by atoms with Gasteiger partial charge in [0.2, 0.25) is 0 Å². The molecule has 0 heterocycles. The first-order valence-electron chi connectivity index (χ1n) is 6.72. The van der Waals surface area contributed by atoms with E-state index in [1.165, 1.54) is 0 Å². The van der Waals surface area contributed by atoms with Crippen LogP contribution in [0.3, 0.4) is 0 Å². The third-order valence-electron chi connectivity index (χ3n) is 3.16. The summed E-state index contributed by atoms with van der Waals surface area (Å²) in [7, 11) is 0. The van der Waals surface area contributed by atoms with Crippen molar-refractivity contribution >= 4 is 11.6 Å². The molecule has 0 spiro atoms. The van der Waals surface area contributed by atoms with Crippen molar-refractivity contribution in [2.45, 2.75) is 12.5 Å². The summed E-state index contributed by atoms with van der Waals surface area (Å²) in [5, 5.41) is 11.4. The summed E-state index contributed by atoms with van der Waals surface area (Å²) < 4.78 is 26.4. The predicted octanol–water partition coefficient (Wildman–Crippen LogP) is 2.08. The van der Waals surface area contributed by atoms with Gasteiger partial charge in [0.1, 0.15) is 11.6 Å². The second kappa shape index (κ2) is 7.11. The van der Waals surface area contributed by atoms with E-state index in [9.17, 15) is 13.6 Å². The Labute approximate surface area is 126 Å². The number of aliphatic hydroxyl groups excluding tert-OH is 1. The van der Waals surface area contributed by atoms with Crippen molar-refractivity contribution in [1.29, 1.82) is 0 Å². The van der Waals surface area contributed by atoms with E-state index in [0.717, 1.165) is 12.1 Å². The van der Waals surface area contributed by atoms with E-state index in [-0.39, 0.29) is 12.3 Å². The van der Waals surface area contributed by atoms with Crippen molar-refractivity contribution in [1.82, 2.24) is 0 Å². The van der Waals surface area contributed by atoms with Gasteiger partial charge in [0.15, 0.2) is 0 Å². The van der Waals surface area contributed by atoms with Crippen molar-refractivity contribution in [3.63, 3.8) is 0 Å². The summed E-state index contributed by atoms with van der Waals surface area (Å²) in [6.45, 7) is -0.206. The maximum Gasteiger partial charge on any atom is 0.256 e. The molecule has 116 valence electrons. The summed E-state index contributed by atoms with van der Waals surface area (Å²) in [6.07, 6.45) is 0.312. The maximum atomic E-state index is 13.6. The normalized spacial score (nSPS) is 12.0. The number of nitrogens with two attached hydrogens (primary N) is 1. The lowest BCUT2D eigenvalue weighted by Gasteiger charge is -2.13. The molecule has 22 heavy (non-hydrogen) atoms. The molecule has 4 N–H and O–H groups in total. The van der Waals surface area contributed by atoms with Crippen molar-refractivity contribution < 1.29 is 18.7 Å². The number of carbonyl (C=O) groups is 1. The maximum absolute atomic E-state index is 13.6. The van der Waals surface area contributed by atoms with Gasteiger partial charge in [0.25, 0.3) is 5.91 Å². The lowest BCUT2D eigenvalue weighted by Crippen LogP contribution is -2.28. The number of rotatable bonds is 5. The number of aliphatic hydroxyl groups is 1. The van der Waals surface area contributed by atoms with Crippen LogP contribution >= 0.6 is 0 Å². The fraction of sp³-hybridized carbons (Fsp3) is 0.188. The number of nitrogens with one attached hydrogen (secondary N) is 1. The SMILES string of the molecule is N[C@@H](CO)Cc1ccccc1C(=O)Nc1ccc(F)cc1F. The Balaban J connectivity index is 2.22. The first-order valence-corrected chi connectivity index (χ1v) is 6.72. The molecule has 0 fully saturated rings. The molecule has 0 radical (unpaired) electrons. The highest BCUT2D eigenvalue weighted by molar-refractivity contribution is 6.05. The monoisotopic (exact) mass is 306 g/mol. The molecule has 2 rings (SSSR count). The Morgan fingerprint density at radius 3 is 2.64 bits per heavy atom. The summed E-state index contributed by atoms with van der Waals surface area (Å²) in [6, 6.07) is 9.14. The number of anilines is 1. The summed E-state index contributed by atoms with van der Waals surface area (Å²) >= 11 is 0. The van der Waals surface area contributed by atoms with Gasteiger partial charge < -0.3 is 16.2 Å². The van der Waals surface area contributed by atoms with Crippen molar-refractivity contribution in [3.05, 3.63) is 65.2 Å². The highest BCUT2D eigenvalue weighted by Crippen LogP contribution is 2.18. The molecule has 0 bridgehead atoms. The zero-order chi connectivity index (χ0) is 16.1. The first-order chi connectivity index (χ1) is 10.5. The number of hydrogen-bond acceptors (Lipinski definition) is 3. The highest BCUT2D eigenvalue weighted by Gasteiger charge is 2.15. The van der Waals surface area contributed by atoms with Crippen LogP contribution in [0.5, 0.6) is 0 Å². The third-order valence-corrected chi connectivity index (χ3v) is 3.16. The molecule has 0 aliphatic rings. The molecular formula is C16H16F2N2O2. The smallest absolute Gasteiger partial charge is 0.256 e. The van der Waals surface area contributed by atoms with Crippen molar-refractivity contribution in [3.8, 4) is 0 Å². The van der Waals surface area contributed by atoms with Crippen molar-refractivity contribution in [2.75, 3.05) is 11.9 Å². The molecule has 0 saturated heterocycles. The minimum Gasteiger partial charge on any atom is -0.395 e. The van der Waals surface area contributed by atoms with Crippen molar-refractivity contribution in [2.24, 2.45) is 5.73 Å². The molecular weight excluding hydrogens is 290 g/mol. The van der Waals surface area contributed by atoms with Gasteiger partial charge in [0, 0.05) is 17.7 Å². The lowest BCUT2D eigenvalue weighted by atomic mass is 10.0. The molecule has 0 unspecified atom stereocenters. The van der Waals surface area contributed by atoms with Crippen LogP contribution in [0.2, 0.25) is 0 Å². The zero-order valence-corrected chi connectivity index (χ0v) is 11.7. The van der Waals surface area contributed by atoms with Crippen LogP contribution < -0.4 is 11.1 Å². The van der Waals surface area contributed by atoms with Crippen LogP contribution in [0, 0.1) is 11.6 Å². The lowest BCUT2D eigenvalue weighted by molar-refractivity contribution is 0.102. The molecule has 0 aliphatic carbocycles. The van der Waals surface area contributed by atoms with Gasteiger partial charge in [-0.2, -0.15) is 0 Å². The number of amides is 1. The van der Waals surface area contributed by atoms with Gasteiger partial charge in [-0.05, 0) is 30.2 Å². The van der Waals surface area contributed by atoms with Crippen LogP contribution in [0.15, 0.2) is 42.5 Å². The molecule has 1 atom stereocenters. The van der Waals surface area contributed by atoms with Gasteiger partial charge in [-0.25, -0.2) is 8.78 Å². The largest absolute Gasteiger partial charge is 0.395 e. The van der Waals surface area contributed by atoms with E-state index in [1.807, 2.05) is 0 Å². The van der Waals surface area contributed by atoms with Gasteiger partial charge in [-0.15, -0.1) is 0 Å². The molecule has 0 saturated carbocycles. The zero-order valence-electron chi connectivity index (χ0n) is 11.7. The second-order valence-electron chi connectivity index (χ2n) is 4.88. The standard InChI is InChI=1S/C16H16F2N2O2/c17-11-5-6-15(14(18)8-11)20-16(22)13-4-2-1-3-10(13)7-12(19)9-21/h1-6,8,12,21H,7,9,19H2,(H,20,22)/t12-/m1/s1. The van der Waals surface area contributed by atoms with E-state index in [1.54, 1.807) is 24.3 Å². The minimum absolute atomic E-state index is 0.104. The second-order valence-corrected chi connectivity index (χ2v) is 4.88. The molecule has 2 aromatic rings. The highest BCUT2D eigenvalue weighted by atomic mass is 19.1. The fourth-order valence-electron chi connectivity index (χ4n) is 2.05. The molecule has 6 heteroatoms. The van der Waals surface area contributed by atoms with Crippen LogP contribution in [-0.4, -0.2) is 23.7 Å². The van der Waals surface area contributed by atoms with Crippen LogP contribution in [-0.2, 0) is 6.42 Å². The number of benzene rings is 2. The third kappa shape index (κ3) is 3.87. The van der Waals surface area contributed by atoms with Gasteiger partial charge in [-0.3, -0.25) is 4.79 Å². The summed E-state index contributed by atoms with van der Waals surface area (Å²) in [4.78, 5) is 12.3. The van der Waals surface area contributed by atoms with E-state index >= 15 is 0 Å². The number of carbonyl (C=O) groups excluding carboxylic acids is 1. The molecule has 1 amide bonds. The number of hydrogen-bond donors (Lipinski definition) is 3. The quantitative estimate of drug-likeness (QED) is 0.791. The molecule has 2 aromatic carbocycles. The van der Waals surface area contributed by atoms with E-state index in [0.29, 0.717) is 23.6 Å². The van der Waals surface area contributed by atoms with Gasteiger partial charge >= 0.3 is 0 Å². The Morgan fingerprint density at radius 1 is 1.23 bits per heavy atom. The van der Waals surface area contributed by atoms with E-state index in [4.69, 9.17) is 10.8 Å². The first kappa shape index (κ1) is 16.1. The summed E-state index contributed by atoms with van der Waals surface area (Å²) in [5.74, 6) is -2.09. The number of halogens is 2. The Morgan fingerprint density at radius 2 is 1.95 bits per heavy atom. The Kier molecular flexibility index (Phi) is 5.19. The van der Waals surface area contributed by atoms with Gasteiger partial charge in [-0.1, -0.05) is 18.2 Å². The molecule has 0 aromatic heterocycles. The van der Waals surface area contributed by atoms with E-state index < -0.39 is 23.6 Å². The Bertz CT molecular complexity index is 677. The molecule has 4 nitrogen and oxygen atoms in total. The topological polar surface area (TPSA) is 75.3 Å². The minimum atomic E-state index is -0.849. The predicted molar refractivity (Wildman–Crippen MR) is 79.5 cm³/mol. The van der Waals surface area contributed by atoms with E-state index in [2.05, 4.69) is 5.32 Å². The van der Waals surface area contributed by atoms with Crippen LogP contribution in [0.1, 0.15) is 15.9 Å². The van der Waals surface area contributed by atoms with Gasteiger partial charge in [0.05, 0.1) is 12.3 Å². The fourth-order valence-corrected chi connectivity index (χ4v) is 2.05.